The van der Waals surface area contributed by atoms with E-state index in [9.17, 15) is 4.79 Å². The fourth-order valence-electron chi connectivity index (χ4n) is 3.87. The van der Waals surface area contributed by atoms with Gasteiger partial charge in [-0.2, -0.15) is 5.10 Å². The molecule has 1 aliphatic heterocycles. The van der Waals surface area contributed by atoms with Gasteiger partial charge in [0, 0.05) is 50.8 Å². The van der Waals surface area contributed by atoms with Gasteiger partial charge in [0.25, 0.3) is 5.91 Å². The van der Waals surface area contributed by atoms with Crippen molar-refractivity contribution in [3.8, 4) is 5.82 Å². The average Bonchev–Trinajstić information content (AvgIpc) is 3.35. The summed E-state index contributed by atoms with van der Waals surface area (Å²) in [6.45, 7) is 3.55. The standard InChI is InChI=1S/C18H23N5O/c24-18(16-7-3-8-19-17(16)23-10-4-9-20-23)22-13-11-21(12-14-22)15-5-1-2-6-15/h3-4,7-10,15H,1-2,5-6,11-14H2. The number of carbonyl (C=O) groups excluding carboxylic acids is 1. The molecular weight excluding hydrogens is 302 g/mol. The van der Waals surface area contributed by atoms with Crippen LogP contribution in [0.5, 0.6) is 0 Å². The molecule has 4 rings (SSSR count). The highest BCUT2D eigenvalue weighted by Crippen LogP contribution is 2.24. The third kappa shape index (κ3) is 2.94. The quantitative estimate of drug-likeness (QED) is 0.866. The maximum absolute atomic E-state index is 13.0. The Morgan fingerprint density at radius 1 is 1.04 bits per heavy atom. The van der Waals surface area contributed by atoms with Gasteiger partial charge in [0.15, 0.2) is 5.82 Å². The molecule has 0 spiro atoms. The summed E-state index contributed by atoms with van der Waals surface area (Å²) < 4.78 is 1.65. The van der Waals surface area contributed by atoms with E-state index in [1.165, 1.54) is 25.7 Å². The van der Waals surface area contributed by atoms with E-state index in [0.29, 0.717) is 11.4 Å². The molecule has 1 amide bonds. The molecule has 0 atom stereocenters. The van der Waals surface area contributed by atoms with Crippen LogP contribution in [0.25, 0.3) is 5.82 Å². The van der Waals surface area contributed by atoms with Crippen LogP contribution < -0.4 is 0 Å². The van der Waals surface area contributed by atoms with E-state index >= 15 is 0 Å². The van der Waals surface area contributed by atoms with Crippen molar-refractivity contribution in [3.63, 3.8) is 0 Å². The summed E-state index contributed by atoms with van der Waals surface area (Å²) >= 11 is 0. The van der Waals surface area contributed by atoms with Crippen LogP contribution in [0.1, 0.15) is 36.0 Å². The number of amides is 1. The first-order chi connectivity index (χ1) is 11.8. The van der Waals surface area contributed by atoms with Crippen LogP contribution in [-0.4, -0.2) is 62.7 Å². The normalized spacial score (nSPS) is 19.8. The third-order valence-electron chi connectivity index (χ3n) is 5.18. The fourth-order valence-corrected chi connectivity index (χ4v) is 3.87. The number of hydrogen-bond donors (Lipinski definition) is 0. The minimum Gasteiger partial charge on any atom is -0.336 e. The maximum atomic E-state index is 13.0. The molecule has 24 heavy (non-hydrogen) atoms. The van der Waals surface area contributed by atoms with Gasteiger partial charge >= 0.3 is 0 Å². The van der Waals surface area contributed by atoms with Crippen LogP contribution in [-0.2, 0) is 0 Å². The van der Waals surface area contributed by atoms with Gasteiger partial charge in [-0.3, -0.25) is 9.69 Å². The predicted octanol–water partition coefficient (Wildman–Crippen LogP) is 1.97. The SMILES string of the molecule is O=C(c1cccnc1-n1cccn1)N1CCN(C2CCCC2)CC1. The highest BCUT2D eigenvalue weighted by atomic mass is 16.2. The number of carbonyl (C=O) groups is 1. The van der Waals surface area contributed by atoms with Crippen LogP contribution in [0.4, 0.5) is 0 Å². The van der Waals surface area contributed by atoms with E-state index < -0.39 is 0 Å². The van der Waals surface area contributed by atoms with Crippen molar-refractivity contribution in [1.29, 1.82) is 0 Å². The van der Waals surface area contributed by atoms with Crippen molar-refractivity contribution >= 4 is 5.91 Å². The van der Waals surface area contributed by atoms with Crippen LogP contribution >= 0.6 is 0 Å². The van der Waals surface area contributed by atoms with Gasteiger partial charge in [-0.25, -0.2) is 9.67 Å². The van der Waals surface area contributed by atoms with Crippen molar-refractivity contribution in [1.82, 2.24) is 24.6 Å². The Morgan fingerprint density at radius 2 is 1.83 bits per heavy atom. The molecule has 2 aromatic heterocycles. The number of aromatic nitrogens is 3. The molecule has 2 aliphatic rings. The average molecular weight is 325 g/mol. The lowest BCUT2D eigenvalue weighted by Crippen LogP contribution is -2.51. The Bertz CT molecular complexity index is 685. The molecule has 1 saturated heterocycles. The Balaban J connectivity index is 1.47. The van der Waals surface area contributed by atoms with E-state index in [1.807, 2.05) is 29.3 Å². The lowest BCUT2D eigenvalue weighted by Gasteiger charge is -2.38. The molecule has 1 saturated carbocycles. The van der Waals surface area contributed by atoms with E-state index in [-0.39, 0.29) is 5.91 Å². The van der Waals surface area contributed by atoms with Crippen molar-refractivity contribution in [2.24, 2.45) is 0 Å². The van der Waals surface area contributed by atoms with Gasteiger partial charge in [-0.15, -0.1) is 0 Å². The second-order valence-electron chi connectivity index (χ2n) is 6.59. The first-order valence-corrected chi connectivity index (χ1v) is 8.81. The molecule has 0 bridgehead atoms. The van der Waals surface area contributed by atoms with Crippen LogP contribution in [0.15, 0.2) is 36.8 Å². The molecule has 0 radical (unpaired) electrons. The van der Waals surface area contributed by atoms with Crippen molar-refractivity contribution in [2.45, 2.75) is 31.7 Å². The van der Waals surface area contributed by atoms with Gasteiger partial charge in [0.1, 0.15) is 0 Å². The van der Waals surface area contributed by atoms with Gasteiger partial charge in [0.2, 0.25) is 0 Å². The number of hydrogen-bond acceptors (Lipinski definition) is 4. The lowest BCUT2D eigenvalue weighted by atomic mass is 10.1. The molecule has 6 nitrogen and oxygen atoms in total. The summed E-state index contributed by atoms with van der Waals surface area (Å²) in [5.41, 5.74) is 0.621. The second-order valence-corrected chi connectivity index (χ2v) is 6.59. The summed E-state index contributed by atoms with van der Waals surface area (Å²) in [6.07, 6.45) is 10.6. The maximum Gasteiger partial charge on any atom is 0.257 e. The topological polar surface area (TPSA) is 54.3 Å². The Morgan fingerprint density at radius 3 is 2.54 bits per heavy atom. The Kier molecular flexibility index (Phi) is 4.30. The highest BCUT2D eigenvalue weighted by molar-refractivity contribution is 5.97. The van der Waals surface area contributed by atoms with Crippen molar-refractivity contribution in [2.75, 3.05) is 26.2 Å². The Labute approximate surface area is 142 Å². The molecule has 0 unspecified atom stereocenters. The zero-order valence-electron chi connectivity index (χ0n) is 13.8. The molecule has 6 heteroatoms. The van der Waals surface area contributed by atoms with Crippen LogP contribution in [0.3, 0.4) is 0 Å². The number of nitrogens with zero attached hydrogens (tertiary/aromatic N) is 5. The molecular formula is C18H23N5O. The smallest absolute Gasteiger partial charge is 0.257 e. The molecule has 126 valence electrons. The largest absolute Gasteiger partial charge is 0.336 e. The monoisotopic (exact) mass is 325 g/mol. The summed E-state index contributed by atoms with van der Waals surface area (Å²) in [5, 5.41) is 4.21. The molecule has 0 N–H and O–H groups in total. The summed E-state index contributed by atoms with van der Waals surface area (Å²) in [5.74, 6) is 0.658. The van der Waals surface area contributed by atoms with Gasteiger partial charge < -0.3 is 4.90 Å². The minimum absolute atomic E-state index is 0.0553. The van der Waals surface area contributed by atoms with Crippen molar-refractivity contribution in [3.05, 3.63) is 42.4 Å². The van der Waals surface area contributed by atoms with Crippen molar-refractivity contribution < 1.29 is 4.79 Å². The fraction of sp³-hybridized carbons (Fsp3) is 0.500. The zero-order chi connectivity index (χ0) is 16.4. The number of rotatable bonds is 3. The molecule has 1 aliphatic carbocycles. The molecule has 3 heterocycles. The first kappa shape index (κ1) is 15.3. The third-order valence-corrected chi connectivity index (χ3v) is 5.18. The van der Waals surface area contributed by atoms with Gasteiger partial charge in [-0.05, 0) is 31.0 Å². The molecule has 0 aromatic carbocycles. The zero-order valence-corrected chi connectivity index (χ0v) is 13.8. The van der Waals surface area contributed by atoms with E-state index in [2.05, 4.69) is 15.0 Å². The molecule has 2 fully saturated rings. The Hall–Kier alpha value is -2.21. The predicted molar refractivity (Wildman–Crippen MR) is 91.1 cm³/mol. The molecule has 2 aromatic rings. The summed E-state index contributed by atoms with van der Waals surface area (Å²) in [6, 6.07) is 6.23. The van der Waals surface area contributed by atoms with Gasteiger partial charge in [0.05, 0.1) is 5.56 Å². The van der Waals surface area contributed by atoms with Gasteiger partial charge in [-0.1, -0.05) is 12.8 Å². The van der Waals surface area contributed by atoms with E-state index in [4.69, 9.17) is 0 Å². The van der Waals surface area contributed by atoms with E-state index in [1.54, 1.807) is 17.1 Å². The number of pyridine rings is 1. The number of piperazine rings is 1. The van der Waals surface area contributed by atoms with Crippen LogP contribution in [0, 0.1) is 0 Å². The minimum atomic E-state index is 0.0553. The van der Waals surface area contributed by atoms with Crippen LogP contribution in [0.2, 0.25) is 0 Å². The summed E-state index contributed by atoms with van der Waals surface area (Å²) in [7, 11) is 0. The second kappa shape index (κ2) is 6.73. The highest BCUT2D eigenvalue weighted by Gasteiger charge is 2.29. The first-order valence-electron chi connectivity index (χ1n) is 8.81. The summed E-state index contributed by atoms with van der Waals surface area (Å²) in [4.78, 5) is 21.8. The van der Waals surface area contributed by atoms with E-state index in [0.717, 1.165) is 32.2 Å². The lowest BCUT2D eigenvalue weighted by molar-refractivity contribution is 0.0573.